The molecule has 74 valence electrons. The number of aliphatic hydroxyl groups excluding tert-OH is 1. The molecule has 14 heavy (non-hydrogen) atoms. The van der Waals surface area contributed by atoms with Crippen LogP contribution in [0.1, 0.15) is 35.6 Å². The Morgan fingerprint density at radius 1 is 1.36 bits per heavy atom. The monoisotopic (exact) mass is 188 g/mol. The van der Waals surface area contributed by atoms with E-state index < -0.39 is 6.10 Å². The molecule has 1 nitrogen and oxygen atoms in total. The highest BCUT2D eigenvalue weighted by Crippen LogP contribution is 2.20. The molecule has 0 fully saturated rings. The van der Waals surface area contributed by atoms with Crippen molar-refractivity contribution in [3.63, 3.8) is 0 Å². The molecule has 1 atom stereocenters. The van der Waals surface area contributed by atoms with Gasteiger partial charge in [-0.15, -0.1) is 12.3 Å². The average molecular weight is 188 g/mol. The van der Waals surface area contributed by atoms with Crippen molar-refractivity contribution in [2.45, 2.75) is 32.8 Å². The molecule has 0 bridgehead atoms. The minimum absolute atomic E-state index is 0.426. The van der Waals surface area contributed by atoms with E-state index in [1.807, 2.05) is 25.1 Å². The van der Waals surface area contributed by atoms with Crippen molar-refractivity contribution in [1.29, 1.82) is 0 Å². The summed E-state index contributed by atoms with van der Waals surface area (Å²) in [5.41, 5.74) is 3.42. The second-order valence-corrected chi connectivity index (χ2v) is 3.60. The maximum Gasteiger partial charge on any atom is 0.0799 e. The molecule has 1 rings (SSSR count). The first-order chi connectivity index (χ1) is 6.65. The third-order valence-corrected chi connectivity index (χ3v) is 2.48. The SMILES string of the molecule is C#CCCC(O)c1ccc(C)c(C)c1. The van der Waals surface area contributed by atoms with E-state index >= 15 is 0 Å². The Kier molecular flexibility index (Phi) is 3.73. The first-order valence-electron chi connectivity index (χ1n) is 4.84. The van der Waals surface area contributed by atoms with Crippen LogP contribution in [0.3, 0.4) is 0 Å². The third-order valence-electron chi connectivity index (χ3n) is 2.48. The first-order valence-corrected chi connectivity index (χ1v) is 4.84. The molecule has 0 aliphatic heterocycles. The summed E-state index contributed by atoms with van der Waals surface area (Å²) in [6.07, 6.45) is 5.98. The Balaban J connectivity index is 2.76. The smallest absolute Gasteiger partial charge is 0.0799 e. The van der Waals surface area contributed by atoms with Gasteiger partial charge in [0.2, 0.25) is 0 Å². The third kappa shape index (κ3) is 2.61. The van der Waals surface area contributed by atoms with Crippen molar-refractivity contribution < 1.29 is 5.11 Å². The molecule has 1 unspecified atom stereocenters. The Labute approximate surface area is 85.8 Å². The molecular formula is C13H16O. The van der Waals surface area contributed by atoms with E-state index in [-0.39, 0.29) is 0 Å². The summed E-state index contributed by atoms with van der Waals surface area (Å²) >= 11 is 0. The Bertz CT molecular complexity index is 347. The summed E-state index contributed by atoms with van der Waals surface area (Å²) in [5, 5.41) is 9.77. The van der Waals surface area contributed by atoms with Crippen LogP contribution in [0.15, 0.2) is 18.2 Å². The van der Waals surface area contributed by atoms with Gasteiger partial charge in [-0.3, -0.25) is 0 Å². The van der Waals surface area contributed by atoms with E-state index in [0.29, 0.717) is 12.8 Å². The quantitative estimate of drug-likeness (QED) is 0.723. The maximum atomic E-state index is 9.77. The number of aliphatic hydroxyl groups is 1. The molecule has 1 N–H and O–H groups in total. The van der Waals surface area contributed by atoms with Crippen LogP contribution in [0, 0.1) is 26.2 Å². The van der Waals surface area contributed by atoms with Crippen LogP contribution in [0.5, 0.6) is 0 Å². The van der Waals surface area contributed by atoms with Crippen LogP contribution in [0.25, 0.3) is 0 Å². The maximum absolute atomic E-state index is 9.77. The van der Waals surface area contributed by atoms with Crippen molar-refractivity contribution in [3.8, 4) is 12.3 Å². The second-order valence-electron chi connectivity index (χ2n) is 3.60. The van der Waals surface area contributed by atoms with Crippen molar-refractivity contribution in [2.24, 2.45) is 0 Å². The summed E-state index contributed by atoms with van der Waals surface area (Å²) in [4.78, 5) is 0. The van der Waals surface area contributed by atoms with Gasteiger partial charge in [0.05, 0.1) is 6.10 Å². The van der Waals surface area contributed by atoms with Gasteiger partial charge in [-0.2, -0.15) is 0 Å². The fraction of sp³-hybridized carbons (Fsp3) is 0.385. The van der Waals surface area contributed by atoms with E-state index in [1.54, 1.807) is 0 Å². The molecule has 1 aromatic carbocycles. The largest absolute Gasteiger partial charge is 0.388 e. The van der Waals surface area contributed by atoms with Crippen LogP contribution in [0.4, 0.5) is 0 Å². The van der Waals surface area contributed by atoms with Gasteiger partial charge in [-0.05, 0) is 37.0 Å². The molecule has 0 aliphatic carbocycles. The van der Waals surface area contributed by atoms with Crippen LogP contribution in [-0.4, -0.2) is 5.11 Å². The van der Waals surface area contributed by atoms with Gasteiger partial charge < -0.3 is 5.11 Å². The average Bonchev–Trinajstić information content (AvgIpc) is 2.18. The van der Waals surface area contributed by atoms with E-state index in [0.717, 1.165) is 5.56 Å². The summed E-state index contributed by atoms with van der Waals surface area (Å²) < 4.78 is 0. The second kappa shape index (κ2) is 4.83. The van der Waals surface area contributed by atoms with Gasteiger partial charge in [-0.1, -0.05) is 18.2 Å². The van der Waals surface area contributed by atoms with Crippen molar-refractivity contribution in [3.05, 3.63) is 34.9 Å². The lowest BCUT2D eigenvalue weighted by Gasteiger charge is -2.11. The Hall–Kier alpha value is -1.26. The lowest BCUT2D eigenvalue weighted by Crippen LogP contribution is -1.97. The fourth-order valence-electron chi connectivity index (χ4n) is 1.36. The van der Waals surface area contributed by atoms with E-state index in [1.165, 1.54) is 11.1 Å². The van der Waals surface area contributed by atoms with Gasteiger partial charge in [0.15, 0.2) is 0 Å². The first kappa shape index (κ1) is 10.8. The van der Waals surface area contributed by atoms with Crippen molar-refractivity contribution in [1.82, 2.24) is 0 Å². The molecule has 0 aromatic heterocycles. The predicted octanol–water partition coefficient (Wildman–Crippen LogP) is 2.75. The van der Waals surface area contributed by atoms with Crippen molar-refractivity contribution >= 4 is 0 Å². The summed E-state index contributed by atoms with van der Waals surface area (Å²) in [6.45, 7) is 4.11. The topological polar surface area (TPSA) is 20.2 Å². The predicted molar refractivity (Wildman–Crippen MR) is 58.9 cm³/mol. The van der Waals surface area contributed by atoms with Crippen LogP contribution in [-0.2, 0) is 0 Å². The zero-order chi connectivity index (χ0) is 10.6. The van der Waals surface area contributed by atoms with E-state index in [4.69, 9.17) is 6.42 Å². The summed E-state index contributed by atoms with van der Waals surface area (Å²) in [5.74, 6) is 2.53. The zero-order valence-corrected chi connectivity index (χ0v) is 8.75. The Morgan fingerprint density at radius 2 is 2.07 bits per heavy atom. The fourth-order valence-corrected chi connectivity index (χ4v) is 1.36. The molecule has 0 heterocycles. The molecule has 1 heteroatoms. The van der Waals surface area contributed by atoms with Crippen LogP contribution in [0.2, 0.25) is 0 Å². The summed E-state index contributed by atoms with van der Waals surface area (Å²) in [7, 11) is 0. The standard InChI is InChI=1S/C13H16O/c1-4-5-6-13(14)12-8-7-10(2)11(3)9-12/h1,7-9,13-14H,5-6H2,2-3H3. The molecular weight excluding hydrogens is 172 g/mol. The van der Waals surface area contributed by atoms with Crippen LogP contribution >= 0.6 is 0 Å². The van der Waals surface area contributed by atoms with E-state index in [2.05, 4.69) is 12.8 Å². The highest BCUT2D eigenvalue weighted by molar-refractivity contribution is 5.31. The molecule has 0 amide bonds. The van der Waals surface area contributed by atoms with Gasteiger partial charge in [0.1, 0.15) is 0 Å². The minimum atomic E-state index is -0.426. The van der Waals surface area contributed by atoms with Crippen LogP contribution < -0.4 is 0 Å². The normalized spacial score (nSPS) is 12.1. The van der Waals surface area contributed by atoms with Crippen molar-refractivity contribution in [2.75, 3.05) is 0 Å². The van der Waals surface area contributed by atoms with E-state index in [9.17, 15) is 5.11 Å². The molecule has 0 saturated heterocycles. The lowest BCUT2D eigenvalue weighted by atomic mass is 10.0. The molecule has 0 radical (unpaired) electrons. The number of hydrogen-bond acceptors (Lipinski definition) is 1. The highest BCUT2D eigenvalue weighted by atomic mass is 16.3. The minimum Gasteiger partial charge on any atom is -0.388 e. The number of terminal acetylenes is 1. The number of hydrogen-bond donors (Lipinski definition) is 1. The van der Waals surface area contributed by atoms with Gasteiger partial charge in [-0.25, -0.2) is 0 Å². The lowest BCUT2D eigenvalue weighted by molar-refractivity contribution is 0.169. The highest BCUT2D eigenvalue weighted by Gasteiger charge is 2.06. The molecule has 0 aliphatic rings. The Morgan fingerprint density at radius 3 is 2.64 bits per heavy atom. The molecule has 0 spiro atoms. The zero-order valence-electron chi connectivity index (χ0n) is 8.75. The van der Waals surface area contributed by atoms with Gasteiger partial charge in [0.25, 0.3) is 0 Å². The number of aryl methyl sites for hydroxylation is 2. The van der Waals surface area contributed by atoms with Gasteiger partial charge in [0, 0.05) is 6.42 Å². The molecule has 0 saturated carbocycles. The van der Waals surface area contributed by atoms with Gasteiger partial charge >= 0.3 is 0 Å². The number of rotatable bonds is 3. The summed E-state index contributed by atoms with van der Waals surface area (Å²) in [6, 6.07) is 6.02. The number of benzene rings is 1. The molecule has 1 aromatic rings.